The Morgan fingerprint density at radius 1 is 1.27 bits per heavy atom. The summed E-state index contributed by atoms with van der Waals surface area (Å²) in [5.74, 6) is 3.17. The number of carbonyl (C=O) groups excluding carboxylic acids is 1. The van der Waals surface area contributed by atoms with Crippen LogP contribution in [0.25, 0.3) is 0 Å². The van der Waals surface area contributed by atoms with Gasteiger partial charge in [0.05, 0.1) is 0 Å². The summed E-state index contributed by atoms with van der Waals surface area (Å²) in [7, 11) is 0. The lowest BCUT2D eigenvalue weighted by molar-refractivity contribution is -0.125. The van der Waals surface area contributed by atoms with E-state index in [1.165, 1.54) is 25.7 Å². The maximum Gasteiger partial charge on any atom is 0.223 e. The van der Waals surface area contributed by atoms with Crippen LogP contribution in [0.5, 0.6) is 0 Å². The molecule has 15 heavy (non-hydrogen) atoms. The average molecular weight is 208 g/mol. The maximum atomic E-state index is 11.8. The van der Waals surface area contributed by atoms with Gasteiger partial charge >= 0.3 is 0 Å². The average Bonchev–Trinajstić information content (AvgIpc) is 2.75. The van der Waals surface area contributed by atoms with Crippen LogP contribution in [-0.4, -0.2) is 25.5 Å². The van der Waals surface area contributed by atoms with Gasteiger partial charge in [-0.05, 0) is 56.5 Å². The van der Waals surface area contributed by atoms with Gasteiger partial charge in [-0.2, -0.15) is 0 Å². The van der Waals surface area contributed by atoms with Crippen LogP contribution in [0.3, 0.4) is 0 Å². The van der Waals surface area contributed by atoms with Gasteiger partial charge in [0.1, 0.15) is 0 Å². The SMILES string of the molecule is O=C(NCC1CCNC1)C1CC2CC2C1. The summed E-state index contributed by atoms with van der Waals surface area (Å²) in [4.78, 5) is 11.8. The van der Waals surface area contributed by atoms with E-state index in [4.69, 9.17) is 0 Å². The van der Waals surface area contributed by atoms with Crippen molar-refractivity contribution >= 4 is 5.91 Å². The molecule has 0 radical (unpaired) electrons. The van der Waals surface area contributed by atoms with E-state index >= 15 is 0 Å². The molecule has 3 unspecified atom stereocenters. The van der Waals surface area contributed by atoms with Gasteiger partial charge in [-0.1, -0.05) is 0 Å². The van der Waals surface area contributed by atoms with Gasteiger partial charge in [0.15, 0.2) is 0 Å². The fraction of sp³-hybridized carbons (Fsp3) is 0.917. The number of nitrogens with one attached hydrogen (secondary N) is 2. The van der Waals surface area contributed by atoms with Crippen LogP contribution in [0.15, 0.2) is 0 Å². The molecule has 0 aromatic rings. The molecule has 1 aliphatic heterocycles. The summed E-state index contributed by atoms with van der Waals surface area (Å²) in [6, 6.07) is 0. The van der Waals surface area contributed by atoms with E-state index in [1.54, 1.807) is 0 Å². The number of fused-ring (bicyclic) bond motifs is 1. The van der Waals surface area contributed by atoms with Gasteiger partial charge in [0.2, 0.25) is 5.91 Å². The Hall–Kier alpha value is -0.570. The fourth-order valence-electron chi connectivity index (χ4n) is 3.21. The predicted molar refractivity (Wildman–Crippen MR) is 58.3 cm³/mol. The van der Waals surface area contributed by atoms with Gasteiger partial charge in [0.25, 0.3) is 0 Å². The summed E-state index contributed by atoms with van der Waals surface area (Å²) < 4.78 is 0. The minimum Gasteiger partial charge on any atom is -0.356 e. The third kappa shape index (κ3) is 2.03. The van der Waals surface area contributed by atoms with Gasteiger partial charge in [-0.3, -0.25) is 4.79 Å². The Bertz CT molecular complexity index is 250. The summed E-state index contributed by atoms with van der Waals surface area (Å²) in [6.45, 7) is 3.09. The third-order valence-electron chi connectivity index (χ3n) is 4.34. The molecule has 2 saturated carbocycles. The molecule has 1 heterocycles. The van der Waals surface area contributed by atoms with E-state index in [9.17, 15) is 4.79 Å². The van der Waals surface area contributed by atoms with Crippen LogP contribution in [-0.2, 0) is 4.79 Å². The van der Waals surface area contributed by atoms with E-state index in [-0.39, 0.29) is 0 Å². The van der Waals surface area contributed by atoms with Crippen molar-refractivity contribution in [2.75, 3.05) is 19.6 Å². The van der Waals surface area contributed by atoms with E-state index in [0.29, 0.717) is 17.7 Å². The zero-order valence-electron chi connectivity index (χ0n) is 9.17. The molecule has 3 fully saturated rings. The highest BCUT2D eigenvalue weighted by atomic mass is 16.1. The van der Waals surface area contributed by atoms with Gasteiger partial charge < -0.3 is 10.6 Å². The molecule has 2 aliphatic carbocycles. The topological polar surface area (TPSA) is 41.1 Å². The first-order valence-electron chi connectivity index (χ1n) is 6.31. The molecule has 0 aromatic heterocycles. The van der Waals surface area contributed by atoms with Crippen molar-refractivity contribution in [1.29, 1.82) is 0 Å². The summed E-state index contributed by atoms with van der Waals surface area (Å²) >= 11 is 0. The second-order valence-electron chi connectivity index (χ2n) is 5.53. The normalized spacial score (nSPS) is 42.7. The molecule has 0 aromatic carbocycles. The van der Waals surface area contributed by atoms with Gasteiger partial charge in [-0.25, -0.2) is 0 Å². The molecular formula is C12H20N2O. The summed E-state index contributed by atoms with van der Waals surface area (Å²) in [5, 5.41) is 6.46. The van der Waals surface area contributed by atoms with E-state index < -0.39 is 0 Å². The lowest BCUT2D eigenvalue weighted by atomic mass is 10.0. The molecule has 3 nitrogen and oxygen atoms in total. The standard InChI is InChI=1S/C12H20N2O/c15-12(11-4-9-3-10(9)5-11)14-7-8-1-2-13-6-8/h8-11,13H,1-7H2,(H,14,15). The highest BCUT2D eigenvalue weighted by Gasteiger charge is 2.47. The fourth-order valence-corrected chi connectivity index (χ4v) is 3.21. The summed E-state index contributed by atoms with van der Waals surface area (Å²) in [6.07, 6.45) is 4.95. The highest BCUT2D eigenvalue weighted by Crippen LogP contribution is 2.54. The molecular weight excluding hydrogens is 188 g/mol. The number of hydrogen-bond donors (Lipinski definition) is 2. The lowest BCUT2D eigenvalue weighted by Gasteiger charge is -2.14. The lowest BCUT2D eigenvalue weighted by Crippen LogP contribution is -2.34. The molecule has 3 aliphatic rings. The van der Waals surface area contributed by atoms with Gasteiger partial charge in [0, 0.05) is 12.5 Å². The van der Waals surface area contributed by atoms with E-state index in [1.807, 2.05) is 0 Å². The van der Waals surface area contributed by atoms with Crippen LogP contribution in [0.4, 0.5) is 0 Å². The minimum atomic E-state index is 0.328. The number of hydrogen-bond acceptors (Lipinski definition) is 2. The van der Waals surface area contributed by atoms with Crippen LogP contribution in [0.1, 0.15) is 25.7 Å². The second kappa shape index (κ2) is 3.78. The smallest absolute Gasteiger partial charge is 0.223 e. The molecule has 3 atom stereocenters. The van der Waals surface area contributed by atoms with Crippen molar-refractivity contribution in [3.8, 4) is 0 Å². The summed E-state index contributed by atoms with van der Waals surface area (Å²) in [5.41, 5.74) is 0. The molecule has 0 spiro atoms. The zero-order chi connectivity index (χ0) is 10.3. The van der Waals surface area contributed by atoms with Crippen LogP contribution in [0.2, 0.25) is 0 Å². The molecule has 1 amide bonds. The largest absolute Gasteiger partial charge is 0.356 e. The van der Waals surface area contributed by atoms with Crippen molar-refractivity contribution in [1.82, 2.24) is 10.6 Å². The van der Waals surface area contributed by atoms with Crippen molar-refractivity contribution in [3.63, 3.8) is 0 Å². The Balaban J connectivity index is 1.41. The van der Waals surface area contributed by atoms with Crippen molar-refractivity contribution in [2.24, 2.45) is 23.7 Å². The second-order valence-corrected chi connectivity index (χ2v) is 5.53. The number of amides is 1. The number of carbonyl (C=O) groups is 1. The third-order valence-corrected chi connectivity index (χ3v) is 4.34. The molecule has 0 bridgehead atoms. The molecule has 2 N–H and O–H groups in total. The quantitative estimate of drug-likeness (QED) is 0.719. The van der Waals surface area contributed by atoms with Crippen LogP contribution < -0.4 is 10.6 Å². The van der Waals surface area contributed by atoms with Crippen molar-refractivity contribution in [2.45, 2.75) is 25.7 Å². The minimum absolute atomic E-state index is 0.328. The first-order valence-corrected chi connectivity index (χ1v) is 6.31. The molecule has 3 heteroatoms. The first-order chi connectivity index (χ1) is 7.33. The Labute approximate surface area is 91.0 Å². The molecule has 1 saturated heterocycles. The van der Waals surface area contributed by atoms with Crippen LogP contribution >= 0.6 is 0 Å². The maximum absolute atomic E-state index is 11.8. The predicted octanol–water partition coefficient (Wildman–Crippen LogP) is 0.758. The van der Waals surface area contributed by atoms with Gasteiger partial charge in [-0.15, -0.1) is 0 Å². The Kier molecular flexibility index (Phi) is 2.43. The molecule has 3 rings (SSSR count). The Morgan fingerprint density at radius 2 is 2.07 bits per heavy atom. The highest BCUT2D eigenvalue weighted by molar-refractivity contribution is 5.79. The van der Waals surface area contributed by atoms with Crippen molar-refractivity contribution < 1.29 is 4.79 Å². The van der Waals surface area contributed by atoms with E-state index in [2.05, 4.69) is 10.6 Å². The number of rotatable bonds is 3. The Morgan fingerprint density at radius 3 is 2.73 bits per heavy atom. The van der Waals surface area contributed by atoms with Crippen LogP contribution in [0, 0.1) is 23.7 Å². The first kappa shape index (κ1) is 9.64. The van der Waals surface area contributed by atoms with E-state index in [0.717, 1.165) is 31.5 Å². The van der Waals surface area contributed by atoms with Crippen molar-refractivity contribution in [3.05, 3.63) is 0 Å². The monoisotopic (exact) mass is 208 g/mol. The zero-order valence-corrected chi connectivity index (χ0v) is 9.17. The molecule has 84 valence electrons.